The number of benzene rings is 2. The fourth-order valence-corrected chi connectivity index (χ4v) is 5.08. The average Bonchev–Trinajstić information content (AvgIpc) is 3.29. The van der Waals surface area contributed by atoms with Crippen LogP contribution in [-0.4, -0.2) is 63.7 Å². The van der Waals surface area contributed by atoms with E-state index in [2.05, 4.69) is 20.3 Å². The molecule has 9 nitrogen and oxygen atoms in total. The number of nitrogens with zero attached hydrogens (tertiary/aromatic N) is 5. The number of halogens is 1. The number of carbonyl (C=O) groups excluding carboxylic acids is 1. The zero-order valence-electron chi connectivity index (χ0n) is 19.9. The summed E-state index contributed by atoms with van der Waals surface area (Å²) in [5.41, 5.74) is 2.32. The molecule has 0 bridgehead atoms. The quantitative estimate of drug-likeness (QED) is 0.443. The molecule has 2 amide bonds. The summed E-state index contributed by atoms with van der Waals surface area (Å²) >= 11 is 1.17. The molecule has 0 saturated carbocycles. The lowest BCUT2D eigenvalue weighted by Crippen LogP contribution is -2.49. The van der Waals surface area contributed by atoms with Crippen molar-refractivity contribution in [3.63, 3.8) is 0 Å². The zero-order valence-corrected chi connectivity index (χ0v) is 20.7. The fourth-order valence-electron chi connectivity index (χ4n) is 4.13. The predicted molar refractivity (Wildman–Crippen MR) is 136 cm³/mol. The highest BCUT2D eigenvalue weighted by Crippen LogP contribution is 2.27. The van der Waals surface area contributed by atoms with Gasteiger partial charge >= 0.3 is 6.03 Å². The number of nitrogens with one attached hydrogen (secondary N) is 1. The van der Waals surface area contributed by atoms with Crippen molar-refractivity contribution in [2.75, 3.05) is 38.6 Å². The van der Waals surface area contributed by atoms with Crippen molar-refractivity contribution in [3.05, 3.63) is 76.0 Å². The Labute approximate surface area is 210 Å². The van der Waals surface area contributed by atoms with Crippen LogP contribution in [-0.2, 0) is 6.54 Å². The monoisotopic (exact) mass is 508 g/mol. The number of carbonyl (C=O) groups is 1. The number of hydrogen-bond donors (Lipinski definition) is 1. The van der Waals surface area contributed by atoms with Gasteiger partial charge in [-0.15, -0.1) is 0 Å². The van der Waals surface area contributed by atoms with Crippen molar-refractivity contribution in [1.29, 1.82) is 0 Å². The van der Waals surface area contributed by atoms with E-state index in [0.29, 0.717) is 65.4 Å². The second-order valence-corrected chi connectivity index (χ2v) is 9.52. The van der Waals surface area contributed by atoms with Gasteiger partial charge in [-0.05, 0) is 36.8 Å². The first kappa shape index (κ1) is 23.9. The van der Waals surface area contributed by atoms with Crippen molar-refractivity contribution >= 4 is 28.0 Å². The first-order valence-electron chi connectivity index (χ1n) is 11.5. The van der Waals surface area contributed by atoms with Crippen LogP contribution >= 0.6 is 11.3 Å². The van der Waals surface area contributed by atoms with Crippen LogP contribution in [0.5, 0.6) is 5.75 Å². The van der Waals surface area contributed by atoms with Gasteiger partial charge in [0.2, 0.25) is 4.96 Å². The lowest BCUT2D eigenvalue weighted by Gasteiger charge is -2.34. The normalized spacial score (nSPS) is 14.2. The van der Waals surface area contributed by atoms with Crippen LogP contribution < -0.4 is 15.6 Å². The van der Waals surface area contributed by atoms with E-state index in [9.17, 15) is 14.0 Å². The number of ether oxygens (including phenoxy) is 1. The molecule has 186 valence electrons. The first-order valence-corrected chi connectivity index (χ1v) is 12.3. The highest BCUT2D eigenvalue weighted by Gasteiger charge is 2.23. The molecule has 1 saturated heterocycles. The van der Waals surface area contributed by atoms with E-state index < -0.39 is 5.82 Å². The van der Waals surface area contributed by atoms with Crippen molar-refractivity contribution in [2.45, 2.75) is 13.5 Å². The number of fused-ring (bicyclic) bond motifs is 1. The molecule has 36 heavy (non-hydrogen) atoms. The lowest BCUT2D eigenvalue weighted by atomic mass is 10.2. The van der Waals surface area contributed by atoms with Crippen LogP contribution in [0.3, 0.4) is 0 Å². The van der Waals surface area contributed by atoms with Crippen molar-refractivity contribution in [3.8, 4) is 16.3 Å². The van der Waals surface area contributed by atoms with Crippen molar-refractivity contribution in [2.24, 2.45) is 0 Å². The Bertz CT molecular complexity index is 1480. The number of rotatable bonds is 5. The number of aryl methyl sites for hydroxylation is 1. The molecule has 0 aliphatic carbocycles. The number of amides is 2. The minimum absolute atomic E-state index is 0.179. The topological polar surface area (TPSA) is 92.1 Å². The number of hydrogen-bond acceptors (Lipinski definition) is 7. The molecule has 0 unspecified atom stereocenters. The standard InChI is InChI=1S/C25H25FN6O3S/c1-16-7-8-21(35-2)20(13-16)28-24(34)31-11-9-30(10-12-31)15-17-14-22(33)32-25(27-17)36-23(29-32)18-5-3-4-6-19(18)26/h3-8,13-14H,9-12,15H2,1-2H3,(H,28,34). The molecule has 1 aliphatic heterocycles. The van der Waals surface area contributed by atoms with Crippen LogP contribution in [0.15, 0.2) is 53.3 Å². The highest BCUT2D eigenvalue weighted by atomic mass is 32.1. The minimum atomic E-state index is -0.396. The Balaban J connectivity index is 1.24. The summed E-state index contributed by atoms with van der Waals surface area (Å²) in [6.45, 7) is 4.79. The smallest absolute Gasteiger partial charge is 0.322 e. The van der Waals surface area contributed by atoms with Crippen LogP contribution in [0.2, 0.25) is 0 Å². The summed E-state index contributed by atoms with van der Waals surface area (Å²) in [6, 6.07) is 13.2. The maximum atomic E-state index is 14.2. The number of piperazine rings is 1. The van der Waals surface area contributed by atoms with Gasteiger partial charge in [0, 0.05) is 44.4 Å². The van der Waals surface area contributed by atoms with Gasteiger partial charge in [0.05, 0.1) is 18.5 Å². The average molecular weight is 509 g/mol. The highest BCUT2D eigenvalue weighted by molar-refractivity contribution is 7.19. The summed E-state index contributed by atoms with van der Waals surface area (Å²) in [5.74, 6) is 0.217. The third kappa shape index (κ3) is 4.93. The number of methoxy groups -OCH3 is 1. The molecule has 11 heteroatoms. The van der Waals surface area contributed by atoms with E-state index in [4.69, 9.17) is 4.74 Å². The number of urea groups is 1. The van der Waals surface area contributed by atoms with E-state index in [1.54, 1.807) is 30.2 Å². The van der Waals surface area contributed by atoms with Crippen molar-refractivity contribution < 1.29 is 13.9 Å². The largest absolute Gasteiger partial charge is 0.495 e. The molecule has 1 aliphatic rings. The Morgan fingerprint density at radius 1 is 1.14 bits per heavy atom. The molecule has 0 spiro atoms. The molecule has 5 rings (SSSR count). The second-order valence-electron chi connectivity index (χ2n) is 8.56. The van der Waals surface area contributed by atoms with E-state index in [1.807, 2.05) is 25.1 Å². The predicted octanol–water partition coefficient (Wildman–Crippen LogP) is 3.62. The van der Waals surface area contributed by atoms with Gasteiger partial charge in [-0.3, -0.25) is 9.69 Å². The summed E-state index contributed by atoms with van der Waals surface area (Å²) in [5, 5.41) is 7.60. The van der Waals surface area contributed by atoms with E-state index in [0.717, 1.165) is 5.56 Å². The van der Waals surface area contributed by atoms with Crippen LogP contribution in [0, 0.1) is 12.7 Å². The zero-order chi connectivity index (χ0) is 25.2. The molecule has 3 heterocycles. The molecule has 0 atom stereocenters. The van der Waals surface area contributed by atoms with Crippen LogP contribution in [0.1, 0.15) is 11.3 Å². The van der Waals surface area contributed by atoms with Gasteiger partial charge in [0.1, 0.15) is 11.6 Å². The molecule has 0 radical (unpaired) electrons. The SMILES string of the molecule is COc1ccc(C)cc1NC(=O)N1CCN(Cc2cc(=O)n3nc(-c4ccccc4F)sc3n2)CC1. The Morgan fingerprint density at radius 3 is 2.67 bits per heavy atom. The molecular weight excluding hydrogens is 483 g/mol. The fraction of sp³-hybridized carbons (Fsp3) is 0.280. The van der Waals surface area contributed by atoms with Gasteiger partial charge in [0.25, 0.3) is 5.56 Å². The third-order valence-electron chi connectivity index (χ3n) is 6.04. The molecule has 2 aromatic heterocycles. The lowest BCUT2D eigenvalue weighted by molar-refractivity contribution is 0.142. The number of aromatic nitrogens is 3. The summed E-state index contributed by atoms with van der Waals surface area (Å²) in [6.07, 6.45) is 0. The Kier molecular flexibility index (Phi) is 6.66. The summed E-state index contributed by atoms with van der Waals surface area (Å²) in [4.78, 5) is 34.4. The van der Waals surface area contributed by atoms with Crippen LogP contribution in [0.25, 0.3) is 15.5 Å². The molecular formula is C25H25FN6O3S. The summed E-state index contributed by atoms with van der Waals surface area (Å²) in [7, 11) is 1.57. The van der Waals surface area contributed by atoms with Gasteiger partial charge in [-0.25, -0.2) is 14.2 Å². The van der Waals surface area contributed by atoms with Gasteiger partial charge in [0.15, 0.2) is 5.01 Å². The number of anilines is 1. The molecule has 1 N–H and O–H groups in total. The van der Waals surface area contributed by atoms with E-state index in [1.165, 1.54) is 28.0 Å². The Hall–Kier alpha value is -3.83. The molecule has 1 fully saturated rings. The minimum Gasteiger partial charge on any atom is -0.495 e. The summed E-state index contributed by atoms with van der Waals surface area (Å²) < 4.78 is 20.7. The van der Waals surface area contributed by atoms with Crippen LogP contribution in [0.4, 0.5) is 14.9 Å². The maximum Gasteiger partial charge on any atom is 0.322 e. The first-order chi connectivity index (χ1) is 17.4. The molecule has 4 aromatic rings. The van der Waals surface area contributed by atoms with Crippen molar-refractivity contribution in [1.82, 2.24) is 24.4 Å². The Morgan fingerprint density at radius 2 is 1.92 bits per heavy atom. The van der Waals surface area contributed by atoms with Gasteiger partial charge < -0.3 is 15.0 Å². The van der Waals surface area contributed by atoms with E-state index >= 15 is 0 Å². The van der Waals surface area contributed by atoms with E-state index in [-0.39, 0.29) is 11.6 Å². The van der Waals surface area contributed by atoms with Gasteiger partial charge in [-0.1, -0.05) is 29.5 Å². The molecule has 2 aromatic carbocycles. The second kappa shape index (κ2) is 10.0. The van der Waals surface area contributed by atoms with Gasteiger partial charge in [-0.2, -0.15) is 9.61 Å². The third-order valence-corrected chi connectivity index (χ3v) is 6.99. The maximum absolute atomic E-state index is 14.2.